The number of rotatable bonds is 6. The van der Waals surface area contributed by atoms with Crippen molar-refractivity contribution in [2.45, 2.75) is 13.0 Å². The number of H-pyrrole nitrogens is 1. The van der Waals surface area contributed by atoms with Gasteiger partial charge in [-0.15, -0.1) is 0 Å². The van der Waals surface area contributed by atoms with E-state index in [-0.39, 0.29) is 17.1 Å². The molecule has 0 aliphatic rings. The Bertz CT molecular complexity index is 987. The first-order valence-electron chi connectivity index (χ1n) is 7.92. The highest BCUT2D eigenvalue weighted by atomic mass is 16.6. The lowest BCUT2D eigenvalue weighted by Crippen LogP contribution is -2.30. The van der Waals surface area contributed by atoms with E-state index >= 15 is 0 Å². The highest BCUT2D eigenvalue weighted by Gasteiger charge is 2.24. The average Bonchev–Trinajstić information content (AvgIpc) is 3.16. The Labute approximate surface area is 153 Å². The minimum atomic E-state index is -1.08. The number of aromatic nitrogens is 4. The molecule has 10 nitrogen and oxygen atoms in total. The first-order valence-corrected chi connectivity index (χ1v) is 7.92. The number of hydrogen-bond donors (Lipinski definition) is 2. The molecule has 2 N–H and O–H groups in total. The number of carbonyl (C=O) groups excluding carboxylic acids is 2. The van der Waals surface area contributed by atoms with Gasteiger partial charge in [-0.1, -0.05) is 6.07 Å². The van der Waals surface area contributed by atoms with E-state index in [4.69, 9.17) is 14.2 Å². The third-order valence-electron chi connectivity index (χ3n) is 3.74. The summed E-state index contributed by atoms with van der Waals surface area (Å²) in [5, 5.41) is 2.58. The van der Waals surface area contributed by atoms with Crippen molar-refractivity contribution in [2.75, 3.05) is 19.5 Å². The molecule has 1 atom stereocenters. The quantitative estimate of drug-likeness (QED) is 0.625. The van der Waals surface area contributed by atoms with Crippen LogP contribution in [0.3, 0.4) is 0 Å². The highest BCUT2D eigenvalue weighted by molar-refractivity contribution is 6.01. The van der Waals surface area contributed by atoms with E-state index in [1.54, 1.807) is 12.1 Å². The molecule has 140 valence electrons. The lowest BCUT2D eigenvalue weighted by atomic mass is 10.2. The van der Waals surface area contributed by atoms with Gasteiger partial charge in [0.1, 0.15) is 17.4 Å². The zero-order valence-electron chi connectivity index (χ0n) is 14.8. The summed E-state index contributed by atoms with van der Waals surface area (Å²) in [7, 11) is 2.87. The van der Waals surface area contributed by atoms with Crippen molar-refractivity contribution in [3.8, 4) is 11.5 Å². The number of nitrogens with zero attached hydrogens (tertiary/aromatic N) is 3. The van der Waals surface area contributed by atoms with Gasteiger partial charge in [0.2, 0.25) is 0 Å². The number of ether oxygens (including phenoxy) is 3. The molecule has 1 amide bonds. The second-order valence-electron chi connectivity index (χ2n) is 5.40. The van der Waals surface area contributed by atoms with E-state index < -0.39 is 18.0 Å². The Hall–Kier alpha value is -3.69. The fraction of sp³-hybridized carbons (Fsp3) is 0.235. The summed E-state index contributed by atoms with van der Waals surface area (Å²) in [6, 6.07) is 4.79. The van der Waals surface area contributed by atoms with Gasteiger partial charge in [-0.25, -0.2) is 19.7 Å². The molecule has 3 rings (SSSR count). The van der Waals surface area contributed by atoms with Crippen LogP contribution in [0.2, 0.25) is 0 Å². The van der Waals surface area contributed by atoms with Gasteiger partial charge in [-0.3, -0.25) is 4.79 Å². The summed E-state index contributed by atoms with van der Waals surface area (Å²) in [5.41, 5.74) is 1.03. The third kappa shape index (κ3) is 3.64. The minimum absolute atomic E-state index is 0.148. The second kappa shape index (κ2) is 7.68. The number of anilines is 1. The molecule has 0 spiro atoms. The fourth-order valence-electron chi connectivity index (χ4n) is 2.40. The van der Waals surface area contributed by atoms with E-state index in [9.17, 15) is 9.59 Å². The molecular weight excluding hydrogens is 354 g/mol. The van der Waals surface area contributed by atoms with Gasteiger partial charge in [0.05, 0.1) is 20.5 Å². The summed E-state index contributed by atoms with van der Waals surface area (Å²) in [6.07, 6.45) is 1.63. The van der Waals surface area contributed by atoms with Crippen LogP contribution in [0.1, 0.15) is 17.3 Å². The normalized spacial score (nSPS) is 11.7. The lowest BCUT2D eigenvalue weighted by molar-refractivity contribution is -0.123. The van der Waals surface area contributed by atoms with Crippen LogP contribution in [-0.2, 0) is 9.53 Å². The first kappa shape index (κ1) is 18.1. The number of carbonyl (C=O) groups is 2. The summed E-state index contributed by atoms with van der Waals surface area (Å²) in [6.45, 7) is 1.45. The Kier molecular flexibility index (Phi) is 5.15. The standard InChI is InChI=1S/C17H17N5O5/c1-9(16(23)22-15-12-14(19-7-18-12)20-8-21-15)27-17(24)10-5-4-6-11(25-2)13(10)26-3/h4-9H,1-3H3,(H2,18,19,20,21,22,23). The highest BCUT2D eigenvalue weighted by Crippen LogP contribution is 2.31. The predicted octanol–water partition coefficient (Wildman–Crippen LogP) is 1.55. The van der Waals surface area contributed by atoms with Crippen LogP contribution in [0.25, 0.3) is 11.2 Å². The SMILES string of the molecule is COc1cccc(C(=O)OC(C)C(=O)Nc2ncnc3nc[nH]c23)c1OC. The Morgan fingerprint density at radius 3 is 2.70 bits per heavy atom. The molecule has 2 aromatic heterocycles. The summed E-state index contributed by atoms with van der Waals surface area (Å²) >= 11 is 0. The number of fused-ring (bicyclic) bond motifs is 1. The van der Waals surface area contributed by atoms with Crippen molar-refractivity contribution in [2.24, 2.45) is 0 Å². The molecule has 1 unspecified atom stereocenters. The Balaban J connectivity index is 1.73. The monoisotopic (exact) mass is 371 g/mol. The van der Waals surface area contributed by atoms with Crippen molar-refractivity contribution in [1.82, 2.24) is 19.9 Å². The van der Waals surface area contributed by atoms with E-state index in [2.05, 4.69) is 25.3 Å². The van der Waals surface area contributed by atoms with Crippen molar-refractivity contribution in [1.29, 1.82) is 0 Å². The van der Waals surface area contributed by atoms with Crippen molar-refractivity contribution in [3.63, 3.8) is 0 Å². The molecule has 0 bridgehead atoms. The fourth-order valence-corrected chi connectivity index (χ4v) is 2.40. The summed E-state index contributed by atoms with van der Waals surface area (Å²) < 4.78 is 15.6. The van der Waals surface area contributed by atoms with Crippen LogP contribution in [0.15, 0.2) is 30.9 Å². The van der Waals surface area contributed by atoms with Crippen LogP contribution in [0, 0.1) is 0 Å². The summed E-state index contributed by atoms with van der Waals surface area (Å²) in [5.74, 6) is -0.425. The molecule has 0 aliphatic heterocycles. The molecule has 0 saturated heterocycles. The maximum atomic E-state index is 12.5. The molecule has 0 aliphatic carbocycles. The molecule has 0 fully saturated rings. The average molecular weight is 371 g/mol. The van der Waals surface area contributed by atoms with Crippen LogP contribution in [-0.4, -0.2) is 52.1 Å². The number of nitrogens with one attached hydrogen (secondary N) is 2. The number of aromatic amines is 1. The number of methoxy groups -OCH3 is 2. The molecular formula is C17H17N5O5. The second-order valence-corrected chi connectivity index (χ2v) is 5.40. The Morgan fingerprint density at radius 1 is 1.15 bits per heavy atom. The molecule has 27 heavy (non-hydrogen) atoms. The predicted molar refractivity (Wildman–Crippen MR) is 94.7 cm³/mol. The maximum Gasteiger partial charge on any atom is 0.342 e. The van der Waals surface area contributed by atoms with Crippen LogP contribution in [0.5, 0.6) is 11.5 Å². The molecule has 0 radical (unpaired) electrons. The molecule has 1 aromatic carbocycles. The van der Waals surface area contributed by atoms with Crippen molar-refractivity contribution >= 4 is 28.9 Å². The molecule has 10 heteroatoms. The lowest BCUT2D eigenvalue weighted by Gasteiger charge is -2.15. The van der Waals surface area contributed by atoms with Crippen LogP contribution in [0.4, 0.5) is 5.82 Å². The van der Waals surface area contributed by atoms with Gasteiger partial charge >= 0.3 is 5.97 Å². The zero-order valence-corrected chi connectivity index (χ0v) is 14.8. The number of benzene rings is 1. The van der Waals surface area contributed by atoms with Gasteiger partial charge in [-0.2, -0.15) is 0 Å². The maximum absolute atomic E-state index is 12.5. The minimum Gasteiger partial charge on any atom is -0.493 e. The number of hydrogen-bond acceptors (Lipinski definition) is 8. The largest absolute Gasteiger partial charge is 0.493 e. The van der Waals surface area contributed by atoms with E-state index in [1.807, 2.05) is 0 Å². The Morgan fingerprint density at radius 2 is 1.96 bits per heavy atom. The van der Waals surface area contributed by atoms with Gasteiger partial charge < -0.3 is 24.5 Å². The van der Waals surface area contributed by atoms with Gasteiger partial charge in [-0.05, 0) is 19.1 Å². The number of para-hydroxylation sites is 1. The van der Waals surface area contributed by atoms with Crippen molar-refractivity contribution < 1.29 is 23.8 Å². The van der Waals surface area contributed by atoms with Gasteiger partial charge in [0, 0.05) is 0 Å². The van der Waals surface area contributed by atoms with E-state index in [1.165, 1.54) is 39.9 Å². The molecule has 3 aromatic rings. The van der Waals surface area contributed by atoms with Gasteiger partial charge in [0.25, 0.3) is 5.91 Å². The number of esters is 1. The number of imidazole rings is 1. The van der Waals surface area contributed by atoms with E-state index in [0.29, 0.717) is 16.9 Å². The van der Waals surface area contributed by atoms with Gasteiger partial charge in [0.15, 0.2) is 29.1 Å². The molecule has 0 saturated carbocycles. The number of amides is 1. The third-order valence-corrected chi connectivity index (χ3v) is 3.74. The first-order chi connectivity index (χ1) is 13.0. The zero-order chi connectivity index (χ0) is 19.4. The van der Waals surface area contributed by atoms with Crippen LogP contribution >= 0.6 is 0 Å². The summed E-state index contributed by atoms with van der Waals surface area (Å²) in [4.78, 5) is 39.6. The van der Waals surface area contributed by atoms with Crippen LogP contribution < -0.4 is 14.8 Å². The molecule has 2 heterocycles. The van der Waals surface area contributed by atoms with Crippen molar-refractivity contribution in [3.05, 3.63) is 36.4 Å². The topological polar surface area (TPSA) is 128 Å². The van der Waals surface area contributed by atoms with E-state index in [0.717, 1.165) is 0 Å². The smallest absolute Gasteiger partial charge is 0.342 e.